The van der Waals surface area contributed by atoms with Gasteiger partial charge in [-0.2, -0.15) is 0 Å². The maximum atomic E-state index is 4.56. The molecular weight excluding hydrogens is 192 g/mol. The van der Waals surface area contributed by atoms with Gasteiger partial charge in [-0.1, -0.05) is 0 Å². The number of aryl methyl sites for hydroxylation is 2. The molecule has 0 spiro atoms. The molecule has 0 aromatic carbocycles. The normalized spacial score (nSPS) is 18.5. The summed E-state index contributed by atoms with van der Waals surface area (Å²) >= 11 is 1.80. The van der Waals surface area contributed by atoms with Gasteiger partial charge in [0.25, 0.3) is 0 Å². The van der Waals surface area contributed by atoms with Crippen LogP contribution in [-0.2, 0) is 0 Å². The summed E-state index contributed by atoms with van der Waals surface area (Å²) in [5.41, 5.74) is 1.24. The van der Waals surface area contributed by atoms with Crippen LogP contribution in [0.3, 0.4) is 0 Å². The van der Waals surface area contributed by atoms with E-state index in [1.165, 1.54) is 28.4 Å². The van der Waals surface area contributed by atoms with Crippen LogP contribution in [0.5, 0.6) is 0 Å². The average molecular weight is 210 g/mol. The van der Waals surface area contributed by atoms with Crippen molar-refractivity contribution in [3.05, 3.63) is 15.6 Å². The maximum Gasteiger partial charge on any atom is 0.0900 e. The minimum absolute atomic E-state index is 0.417. The van der Waals surface area contributed by atoms with E-state index in [0.717, 1.165) is 12.5 Å². The van der Waals surface area contributed by atoms with Crippen LogP contribution in [0.1, 0.15) is 41.4 Å². The number of rotatable bonds is 4. The van der Waals surface area contributed by atoms with Crippen LogP contribution >= 0.6 is 11.3 Å². The Balaban J connectivity index is 1.94. The first-order valence-corrected chi connectivity index (χ1v) is 6.15. The van der Waals surface area contributed by atoms with Crippen molar-refractivity contribution in [2.75, 3.05) is 6.54 Å². The number of nitrogens with zero attached hydrogens (tertiary/aromatic N) is 1. The molecule has 1 N–H and O–H groups in total. The monoisotopic (exact) mass is 210 g/mol. The largest absolute Gasteiger partial charge is 0.309 e. The molecule has 0 radical (unpaired) electrons. The SMILES string of the molecule is Cc1nc(C(C)NCC2CC2)c(C)s1. The molecule has 1 fully saturated rings. The predicted molar refractivity (Wildman–Crippen MR) is 60.7 cm³/mol. The van der Waals surface area contributed by atoms with Crippen molar-refractivity contribution in [2.24, 2.45) is 5.92 Å². The van der Waals surface area contributed by atoms with Crippen molar-refractivity contribution in [2.45, 2.75) is 39.7 Å². The molecule has 14 heavy (non-hydrogen) atoms. The second-order valence-electron chi connectivity index (χ2n) is 4.25. The molecule has 0 amide bonds. The van der Waals surface area contributed by atoms with E-state index in [-0.39, 0.29) is 0 Å². The van der Waals surface area contributed by atoms with Crippen molar-refractivity contribution in [1.82, 2.24) is 10.3 Å². The highest BCUT2D eigenvalue weighted by molar-refractivity contribution is 7.11. The third kappa shape index (κ3) is 2.34. The highest BCUT2D eigenvalue weighted by Crippen LogP contribution is 2.29. The van der Waals surface area contributed by atoms with Crippen LogP contribution in [0, 0.1) is 19.8 Å². The van der Waals surface area contributed by atoms with Gasteiger partial charge < -0.3 is 5.32 Å². The van der Waals surface area contributed by atoms with E-state index >= 15 is 0 Å². The van der Waals surface area contributed by atoms with Crippen molar-refractivity contribution < 1.29 is 0 Å². The smallest absolute Gasteiger partial charge is 0.0900 e. The lowest BCUT2D eigenvalue weighted by molar-refractivity contribution is 0.538. The molecule has 1 atom stereocenters. The lowest BCUT2D eigenvalue weighted by Gasteiger charge is -2.11. The van der Waals surface area contributed by atoms with E-state index in [9.17, 15) is 0 Å². The molecule has 1 aliphatic rings. The lowest BCUT2D eigenvalue weighted by Crippen LogP contribution is -2.21. The van der Waals surface area contributed by atoms with Gasteiger partial charge in [0.15, 0.2) is 0 Å². The Labute approximate surface area is 89.8 Å². The van der Waals surface area contributed by atoms with Gasteiger partial charge >= 0.3 is 0 Å². The summed E-state index contributed by atoms with van der Waals surface area (Å²) in [6, 6.07) is 0.417. The zero-order valence-corrected chi connectivity index (χ0v) is 9.95. The standard InChI is InChI=1S/C11H18N2S/c1-7(12-6-10-4-5-10)11-8(2)14-9(3)13-11/h7,10,12H,4-6H2,1-3H3. The molecule has 78 valence electrons. The Morgan fingerprint density at radius 3 is 2.71 bits per heavy atom. The molecule has 0 bridgehead atoms. The summed E-state index contributed by atoms with van der Waals surface area (Å²) in [7, 11) is 0. The number of aromatic nitrogens is 1. The van der Waals surface area contributed by atoms with Gasteiger partial charge in [-0.3, -0.25) is 0 Å². The molecule has 1 aliphatic carbocycles. The van der Waals surface area contributed by atoms with Gasteiger partial charge in [0.1, 0.15) is 0 Å². The van der Waals surface area contributed by atoms with E-state index in [0.29, 0.717) is 6.04 Å². The minimum Gasteiger partial charge on any atom is -0.309 e. The molecule has 0 aliphatic heterocycles. The van der Waals surface area contributed by atoms with Gasteiger partial charge in [0.05, 0.1) is 10.7 Å². The summed E-state index contributed by atoms with van der Waals surface area (Å²) in [6.07, 6.45) is 2.82. The van der Waals surface area contributed by atoms with Gasteiger partial charge in [-0.25, -0.2) is 4.98 Å². The first-order chi connectivity index (χ1) is 6.66. The fraction of sp³-hybridized carbons (Fsp3) is 0.727. The molecule has 1 unspecified atom stereocenters. The quantitative estimate of drug-likeness (QED) is 0.826. The zero-order valence-electron chi connectivity index (χ0n) is 9.13. The Kier molecular flexibility index (Phi) is 2.88. The number of hydrogen-bond acceptors (Lipinski definition) is 3. The number of thiazole rings is 1. The van der Waals surface area contributed by atoms with E-state index < -0.39 is 0 Å². The molecule has 2 nitrogen and oxygen atoms in total. The Morgan fingerprint density at radius 2 is 2.21 bits per heavy atom. The van der Waals surface area contributed by atoms with Gasteiger partial charge in [0, 0.05) is 10.9 Å². The number of hydrogen-bond donors (Lipinski definition) is 1. The minimum atomic E-state index is 0.417. The third-order valence-electron chi connectivity index (χ3n) is 2.76. The van der Waals surface area contributed by atoms with Crippen LogP contribution in [0.2, 0.25) is 0 Å². The van der Waals surface area contributed by atoms with Gasteiger partial charge in [-0.15, -0.1) is 11.3 Å². The topological polar surface area (TPSA) is 24.9 Å². The van der Waals surface area contributed by atoms with Crippen LogP contribution in [0.15, 0.2) is 0 Å². The zero-order chi connectivity index (χ0) is 10.1. The molecule has 3 heteroatoms. The first kappa shape index (κ1) is 10.1. The number of nitrogens with one attached hydrogen (secondary N) is 1. The first-order valence-electron chi connectivity index (χ1n) is 5.34. The van der Waals surface area contributed by atoms with Crippen LogP contribution in [0.25, 0.3) is 0 Å². The van der Waals surface area contributed by atoms with E-state index in [1.807, 2.05) is 0 Å². The van der Waals surface area contributed by atoms with E-state index in [2.05, 4.69) is 31.1 Å². The summed E-state index contributed by atoms with van der Waals surface area (Å²) in [5.74, 6) is 0.942. The highest BCUT2D eigenvalue weighted by atomic mass is 32.1. The van der Waals surface area contributed by atoms with Gasteiger partial charge in [-0.05, 0) is 46.1 Å². The predicted octanol–water partition coefficient (Wildman–Crippen LogP) is 2.82. The van der Waals surface area contributed by atoms with Gasteiger partial charge in [0.2, 0.25) is 0 Å². The molecule has 2 rings (SSSR count). The lowest BCUT2D eigenvalue weighted by atomic mass is 10.2. The van der Waals surface area contributed by atoms with Crippen LogP contribution < -0.4 is 5.32 Å². The molecule has 1 aromatic heterocycles. The van der Waals surface area contributed by atoms with E-state index in [4.69, 9.17) is 0 Å². The summed E-state index contributed by atoms with van der Waals surface area (Å²) in [4.78, 5) is 5.92. The summed E-state index contributed by atoms with van der Waals surface area (Å²) < 4.78 is 0. The Morgan fingerprint density at radius 1 is 1.50 bits per heavy atom. The van der Waals surface area contributed by atoms with Crippen molar-refractivity contribution in [1.29, 1.82) is 0 Å². The van der Waals surface area contributed by atoms with Crippen molar-refractivity contribution in [3.8, 4) is 0 Å². The highest BCUT2D eigenvalue weighted by Gasteiger charge is 2.22. The third-order valence-corrected chi connectivity index (χ3v) is 3.66. The molecule has 1 heterocycles. The maximum absolute atomic E-state index is 4.56. The summed E-state index contributed by atoms with van der Waals surface area (Å²) in [6.45, 7) is 7.62. The fourth-order valence-electron chi connectivity index (χ4n) is 1.71. The molecular formula is C11H18N2S. The average Bonchev–Trinajstić information content (AvgIpc) is 2.88. The second-order valence-corrected chi connectivity index (χ2v) is 5.65. The second kappa shape index (κ2) is 3.99. The molecule has 1 saturated carbocycles. The Hall–Kier alpha value is -0.410. The van der Waals surface area contributed by atoms with Crippen molar-refractivity contribution in [3.63, 3.8) is 0 Å². The molecule has 1 aromatic rings. The van der Waals surface area contributed by atoms with E-state index in [1.54, 1.807) is 11.3 Å². The van der Waals surface area contributed by atoms with Crippen LogP contribution in [-0.4, -0.2) is 11.5 Å². The fourth-order valence-corrected chi connectivity index (χ4v) is 2.62. The van der Waals surface area contributed by atoms with Crippen molar-refractivity contribution >= 4 is 11.3 Å². The molecule has 0 saturated heterocycles. The summed E-state index contributed by atoms with van der Waals surface area (Å²) in [5, 5.41) is 4.74. The Bertz CT molecular complexity index is 315. The van der Waals surface area contributed by atoms with Crippen LogP contribution in [0.4, 0.5) is 0 Å².